The molecule has 6 nitrogen and oxygen atoms in total. The van der Waals surface area contributed by atoms with Crippen molar-refractivity contribution in [2.75, 3.05) is 30.6 Å². The first-order chi connectivity index (χ1) is 13.3. The Balaban J connectivity index is 1.48. The average Bonchev–Trinajstić information content (AvgIpc) is 2.67. The molecule has 0 unspecified atom stereocenters. The number of hydrogen-bond acceptors (Lipinski definition) is 5. The molecule has 28 heavy (non-hydrogen) atoms. The summed E-state index contributed by atoms with van der Waals surface area (Å²) in [6, 6.07) is 10.8. The second-order valence-electron chi connectivity index (χ2n) is 7.49. The molecule has 1 aromatic heterocycles. The van der Waals surface area contributed by atoms with Crippen LogP contribution in [-0.4, -0.2) is 50.0 Å². The van der Waals surface area contributed by atoms with Crippen LogP contribution in [0.15, 0.2) is 42.6 Å². The minimum atomic E-state index is -3.31. The van der Waals surface area contributed by atoms with Gasteiger partial charge in [0.25, 0.3) is 0 Å². The van der Waals surface area contributed by atoms with Crippen molar-refractivity contribution >= 4 is 21.5 Å². The molecule has 7 heteroatoms. The number of likely N-dealkylation sites (tertiary alicyclic amines) is 1. The van der Waals surface area contributed by atoms with Crippen LogP contribution >= 0.6 is 0 Å². The topological polar surface area (TPSA) is 79.4 Å². The van der Waals surface area contributed by atoms with E-state index in [-0.39, 0.29) is 11.7 Å². The maximum atomic E-state index is 12.7. The number of piperidine rings is 1. The molecule has 0 aliphatic carbocycles. The normalized spacial score (nSPS) is 16.1. The fourth-order valence-electron chi connectivity index (χ4n) is 3.50. The number of hydrogen-bond donors (Lipinski definition) is 1. The molecule has 1 fully saturated rings. The van der Waals surface area contributed by atoms with Gasteiger partial charge in [-0.3, -0.25) is 14.5 Å². The molecule has 0 spiro atoms. The molecule has 2 aromatic rings. The molecule has 1 aliphatic heterocycles. The van der Waals surface area contributed by atoms with Crippen molar-refractivity contribution in [2.24, 2.45) is 5.92 Å². The summed E-state index contributed by atoms with van der Waals surface area (Å²) in [6.45, 7) is 4.81. The highest BCUT2D eigenvalue weighted by Crippen LogP contribution is 2.23. The third-order valence-electron chi connectivity index (χ3n) is 5.12. The fraction of sp³-hybridized carbons (Fsp3) is 0.429. The molecule has 1 aliphatic rings. The van der Waals surface area contributed by atoms with Gasteiger partial charge in [-0.15, -0.1) is 0 Å². The standard InChI is InChI=1S/C21H27N3O3S/c1-16-3-4-17(15-22-16)9-12-24-13-10-19(11-14-24)21(25)18-5-7-20(8-6-18)23-28(2,26)27/h3-8,15,19,23H,9-14H2,1-2H3. The minimum absolute atomic E-state index is 0.0333. The maximum absolute atomic E-state index is 12.7. The van der Waals surface area contributed by atoms with Crippen molar-refractivity contribution in [1.29, 1.82) is 0 Å². The number of rotatable bonds is 7. The number of pyridine rings is 1. The summed E-state index contributed by atoms with van der Waals surface area (Å²) in [5.74, 6) is 0.180. The van der Waals surface area contributed by atoms with Crippen molar-refractivity contribution in [3.05, 3.63) is 59.4 Å². The van der Waals surface area contributed by atoms with E-state index in [1.165, 1.54) is 5.56 Å². The Labute approximate surface area is 167 Å². The Morgan fingerprint density at radius 1 is 1.14 bits per heavy atom. The number of Topliss-reactive ketones (excluding diaryl/α,β-unsaturated/α-hetero) is 1. The van der Waals surface area contributed by atoms with Gasteiger partial charge in [-0.25, -0.2) is 8.42 Å². The number of carbonyl (C=O) groups is 1. The second kappa shape index (κ2) is 8.84. The van der Waals surface area contributed by atoms with Crippen LogP contribution in [0.5, 0.6) is 0 Å². The van der Waals surface area contributed by atoms with E-state index in [9.17, 15) is 13.2 Å². The lowest BCUT2D eigenvalue weighted by Gasteiger charge is -2.31. The zero-order chi connectivity index (χ0) is 20.1. The van der Waals surface area contributed by atoms with E-state index in [0.29, 0.717) is 11.3 Å². The number of benzene rings is 1. The van der Waals surface area contributed by atoms with Gasteiger partial charge in [-0.1, -0.05) is 6.07 Å². The second-order valence-corrected chi connectivity index (χ2v) is 9.24. The van der Waals surface area contributed by atoms with Gasteiger partial charge < -0.3 is 4.90 Å². The van der Waals surface area contributed by atoms with Gasteiger partial charge in [-0.05, 0) is 75.2 Å². The quantitative estimate of drug-likeness (QED) is 0.722. The number of nitrogens with one attached hydrogen (secondary N) is 1. The number of anilines is 1. The van der Waals surface area contributed by atoms with Crippen LogP contribution in [0.4, 0.5) is 5.69 Å². The van der Waals surface area contributed by atoms with Gasteiger partial charge in [-0.2, -0.15) is 0 Å². The summed E-state index contributed by atoms with van der Waals surface area (Å²) in [4.78, 5) is 19.5. The Morgan fingerprint density at radius 2 is 1.82 bits per heavy atom. The van der Waals surface area contributed by atoms with Crippen LogP contribution < -0.4 is 4.72 Å². The van der Waals surface area contributed by atoms with Crippen LogP contribution in [0.2, 0.25) is 0 Å². The summed E-state index contributed by atoms with van der Waals surface area (Å²) >= 11 is 0. The van der Waals surface area contributed by atoms with Crippen LogP contribution in [0, 0.1) is 12.8 Å². The number of aromatic nitrogens is 1. The van der Waals surface area contributed by atoms with Gasteiger partial charge in [0.2, 0.25) is 10.0 Å². The molecular weight excluding hydrogens is 374 g/mol. The largest absolute Gasteiger partial charge is 0.303 e. The lowest BCUT2D eigenvalue weighted by molar-refractivity contribution is 0.0841. The van der Waals surface area contributed by atoms with Crippen LogP contribution in [0.3, 0.4) is 0 Å². The van der Waals surface area contributed by atoms with E-state index in [1.807, 2.05) is 19.2 Å². The summed E-state index contributed by atoms with van der Waals surface area (Å²) in [5, 5.41) is 0. The molecule has 0 radical (unpaired) electrons. The summed E-state index contributed by atoms with van der Waals surface area (Å²) in [5.41, 5.74) is 3.39. The number of carbonyl (C=O) groups excluding carboxylic acids is 1. The van der Waals surface area contributed by atoms with Crippen LogP contribution in [-0.2, 0) is 16.4 Å². The minimum Gasteiger partial charge on any atom is -0.303 e. The highest BCUT2D eigenvalue weighted by Gasteiger charge is 2.25. The predicted molar refractivity (Wildman–Crippen MR) is 111 cm³/mol. The summed E-state index contributed by atoms with van der Waals surface area (Å²) in [6.07, 6.45) is 5.73. The fourth-order valence-corrected chi connectivity index (χ4v) is 4.07. The Morgan fingerprint density at radius 3 is 2.39 bits per heavy atom. The zero-order valence-electron chi connectivity index (χ0n) is 16.4. The molecule has 0 saturated carbocycles. The maximum Gasteiger partial charge on any atom is 0.229 e. The number of aryl methyl sites for hydroxylation is 1. The Kier molecular flexibility index (Phi) is 6.46. The van der Waals surface area contributed by atoms with Gasteiger partial charge in [0.1, 0.15) is 0 Å². The van der Waals surface area contributed by atoms with Crippen LogP contribution in [0.25, 0.3) is 0 Å². The molecule has 1 saturated heterocycles. The van der Waals surface area contributed by atoms with E-state index >= 15 is 0 Å². The Bertz CT molecular complexity index is 901. The van der Waals surface area contributed by atoms with Crippen molar-refractivity contribution < 1.29 is 13.2 Å². The Hall–Kier alpha value is -2.25. The first-order valence-corrected chi connectivity index (χ1v) is 11.5. The van der Waals surface area contributed by atoms with E-state index in [4.69, 9.17) is 0 Å². The van der Waals surface area contributed by atoms with Crippen molar-refractivity contribution in [1.82, 2.24) is 9.88 Å². The van der Waals surface area contributed by atoms with Gasteiger partial charge in [0, 0.05) is 35.6 Å². The van der Waals surface area contributed by atoms with Crippen molar-refractivity contribution in [3.8, 4) is 0 Å². The molecule has 1 N–H and O–H groups in total. The third kappa shape index (κ3) is 5.87. The summed E-state index contributed by atoms with van der Waals surface area (Å²) in [7, 11) is -3.31. The van der Waals surface area contributed by atoms with E-state index < -0.39 is 10.0 Å². The van der Waals surface area contributed by atoms with Gasteiger partial charge in [0.05, 0.1) is 6.26 Å². The smallest absolute Gasteiger partial charge is 0.229 e. The van der Waals surface area contributed by atoms with Crippen LogP contribution in [0.1, 0.15) is 34.5 Å². The lowest BCUT2D eigenvalue weighted by Crippen LogP contribution is -2.37. The molecule has 2 heterocycles. The lowest BCUT2D eigenvalue weighted by atomic mass is 9.88. The van der Waals surface area contributed by atoms with Crippen molar-refractivity contribution in [2.45, 2.75) is 26.2 Å². The van der Waals surface area contributed by atoms with Crippen molar-refractivity contribution in [3.63, 3.8) is 0 Å². The molecule has 0 amide bonds. The molecular formula is C21H27N3O3S. The monoisotopic (exact) mass is 401 g/mol. The first-order valence-electron chi connectivity index (χ1n) is 9.56. The van der Waals surface area contributed by atoms with Gasteiger partial charge in [0.15, 0.2) is 5.78 Å². The average molecular weight is 402 g/mol. The summed E-state index contributed by atoms with van der Waals surface area (Å²) < 4.78 is 25.0. The highest BCUT2D eigenvalue weighted by atomic mass is 32.2. The molecule has 1 aromatic carbocycles. The van der Waals surface area contributed by atoms with E-state index in [0.717, 1.165) is 50.8 Å². The molecule has 150 valence electrons. The van der Waals surface area contributed by atoms with E-state index in [1.54, 1.807) is 24.3 Å². The highest BCUT2D eigenvalue weighted by molar-refractivity contribution is 7.92. The predicted octanol–water partition coefficient (Wildman–Crippen LogP) is 2.90. The molecule has 0 bridgehead atoms. The van der Waals surface area contributed by atoms with E-state index in [2.05, 4.69) is 20.7 Å². The SMILES string of the molecule is Cc1ccc(CCN2CCC(C(=O)c3ccc(NS(C)(=O)=O)cc3)CC2)cn1. The zero-order valence-corrected chi connectivity index (χ0v) is 17.2. The van der Waals surface area contributed by atoms with Gasteiger partial charge >= 0.3 is 0 Å². The molecule has 0 atom stereocenters. The number of ketones is 1. The number of nitrogens with zero attached hydrogens (tertiary/aromatic N) is 2. The third-order valence-corrected chi connectivity index (χ3v) is 5.73. The first kappa shape index (κ1) is 20.5. The molecule has 3 rings (SSSR count). The number of sulfonamides is 1.